The quantitative estimate of drug-likeness (QED) is 0.309. The standard InChI is InChI=1S/C27H27FN4O4S2/c1-2-36-22-7-10-24-25(16-22)37-27(30-24)32(18-19-4-3-13-29-17-19)26(33)20-11-14-31(15-12-20)38(34,35)23-8-5-21(28)6-9-23/h3-10,13,16-17,20H,2,11-12,14-15,18H2,1H3. The van der Waals surface area contributed by atoms with Crippen LogP contribution in [-0.4, -0.2) is 48.3 Å². The van der Waals surface area contributed by atoms with E-state index in [0.717, 1.165) is 33.7 Å². The monoisotopic (exact) mass is 554 g/mol. The molecule has 0 bridgehead atoms. The van der Waals surface area contributed by atoms with Crippen molar-refractivity contribution >= 4 is 42.6 Å². The van der Waals surface area contributed by atoms with Crippen molar-refractivity contribution in [2.24, 2.45) is 5.92 Å². The lowest BCUT2D eigenvalue weighted by molar-refractivity contribution is -0.123. The average molecular weight is 555 g/mol. The molecule has 0 N–H and O–H groups in total. The maximum Gasteiger partial charge on any atom is 0.243 e. The van der Waals surface area contributed by atoms with Crippen molar-refractivity contribution in [1.82, 2.24) is 14.3 Å². The van der Waals surface area contributed by atoms with Crippen molar-refractivity contribution in [3.8, 4) is 5.75 Å². The van der Waals surface area contributed by atoms with E-state index >= 15 is 0 Å². The lowest BCUT2D eigenvalue weighted by Gasteiger charge is -2.33. The summed E-state index contributed by atoms with van der Waals surface area (Å²) in [6, 6.07) is 14.2. The number of aromatic nitrogens is 2. The molecule has 2 aromatic heterocycles. The second-order valence-corrected chi connectivity index (χ2v) is 11.9. The smallest absolute Gasteiger partial charge is 0.243 e. The zero-order valence-electron chi connectivity index (χ0n) is 20.8. The van der Waals surface area contributed by atoms with E-state index in [2.05, 4.69) is 4.98 Å². The summed E-state index contributed by atoms with van der Waals surface area (Å²) in [4.78, 5) is 24.5. The van der Waals surface area contributed by atoms with Crippen LogP contribution in [0.1, 0.15) is 25.3 Å². The van der Waals surface area contributed by atoms with Crippen LogP contribution in [0.25, 0.3) is 10.2 Å². The number of carbonyl (C=O) groups excluding carboxylic acids is 1. The third-order valence-corrected chi connectivity index (χ3v) is 9.43. The first-order chi connectivity index (χ1) is 18.3. The minimum Gasteiger partial charge on any atom is -0.494 e. The first-order valence-electron chi connectivity index (χ1n) is 12.3. The fourth-order valence-corrected chi connectivity index (χ4v) is 6.97. The fourth-order valence-electron chi connectivity index (χ4n) is 4.50. The van der Waals surface area contributed by atoms with E-state index in [4.69, 9.17) is 9.72 Å². The molecule has 5 rings (SSSR count). The molecule has 1 fully saturated rings. The molecule has 1 saturated heterocycles. The number of sulfonamides is 1. The van der Waals surface area contributed by atoms with E-state index < -0.39 is 15.8 Å². The lowest BCUT2D eigenvalue weighted by Crippen LogP contribution is -2.44. The van der Waals surface area contributed by atoms with Gasteiger partial charge in [-0.05, 0) is 73.9 Å². The number of rotatable bonds is 8. The number of halogens is 1. The Morgan fingerprint density at radius 1 is 1.16 bits per heavy atom. The molecule has 1 aliphatic rings. The van der Waals surface area contributed by atoms with Crippen molar-refractivity contribution in [2.75, 3.05) is 24.6 Å². The third kappa shape index (κ3) is 5.54. The third-order valence-electron chi connectivity index (χ3n) is 6.47. The zero-order valence-corrected chi connectivity index (χ0v) is 22.4. The van der Waals surface area contributed by atoms with Crippen LogP contribution in [0.3, 0.4) is 0 Å². The van der Waals surface area contributed by atoms with Gasteiger partial charge >= 0.3 is 0 Å². The average Bonchev–Trinajstić information content (AvgIpc) is 3.36. The molecule has 0 radical (unpaired) electrons. The van der Waals surface area contributed by atoms with Gasteiger partial charge in [0.2, 0.25) is 15.9 Å². The van der Waals surface area contributed by atoms with Gasteiger partial charge in [0.1, 0.15) is 11.6 Å². The Hall–Kier alpha value is -3.41. The van der Waals surface area contributed by atoms with Crippen molar-refractivity contribution in [3.63, 3.8) is 0 Å². The molecule has 0 spiro atoms. The van der Waals surface area contributed by atoms with E-state index in [9.17, 15) is 17.6 Å². The molecule has 2 aromatic carbocycles. The van der Waals surface area contributed by atoms with Gasteiger partial charge in [-0.2, -0.15) is 4.31 Å². The van der Waals surface area contributed by atoms with Crippen molar-refractivity contribution in [3.05, 3.63) is 78.4 Å². The number of ether oxygens (including phenoxy) is 1. The van der Waals surface area contributed by atoms with Crippen LogP contribution in [0.4, 0.5) is 9.52 Å². The molecule has 38 heavy (non-hydrogen) atoms. The van der Waals surface area contributed by atoms with Gasteiger partial charge in [-0.15, -0.1) is 0 Å². The van der Waals surface area contributed by atoms with Gasteiger partial charge in [-0.25, -0.2) is 17.8 Å². The van der Waals surface area contributed by atoms with Crippen LogP contribution in [0, 0.1) is 11.7 Å². The molecule has 8 nitrogen and oxygen atoms in total. The molecule has 0 atom stereocenters. The van der Waals surface area contributed by atoms with Gasteiger partial charge in [-0.3, -0.25) is 14.7 Å². The summed E-state index contributed by atoms with van der Waals surface area (Å²) in [7, 11) is -3.76. The number of benzene rings is 2. The summed E-state index contributed by atoms with van der Waals surface area (Å²) in [5, 5.41) is 0.573. The Bertz CT molecular complexity index is 1520. The van der Waals surface area contributed by atoms with Crippen molar-refractivity contribution < 1.29 is 22.3 Å². The van der Waals surface area contributed by atoms with Gasteiger partial charge in [0, 0.05) is 31.4 Å². The molecule has 0 unspecified atom stereocenters. The SMILES string of the molecule is CCOc1ccc2nc(N(Cc3cccnc3)C(=O)C3CCN(S(=O)(=O)c4ccc(F)cc4)CC3)sc2c1. The Morgan fingerprint density at radius 2 is 1.92 bits per heavy atom. The molecule has 11 heteroatoms. The van der Waals surface area contributed by atoms with E-state index in [1.54, 1.807) is 17.3 Å². The lowest BCUT2D eigenvalue weighted by atomic mass is 9.96. The van der Waals surface area contributed by atoms with Crippen LogP contribution in [-0.2, 0) is 21.4 Å². The Kier molecular flexibility index (Phi) is 7.68. The molecule has 0 aliphatic carbocycles. The highest BCUT2D eigenvalue weighted by Gasteiger charge is 2.35. The highest BCUT2D eigenvalue weighted by Crippen LogP contribution is 2.34. The number of pyridine rings is 1. The number of hydrogen-bond donors (Lipinski definition) is 0. The van der Waals surface area contributed by atoms with Gasteiger partial charge in [0.05, 0.1) is 28.3 Å². The molecule has 0 saturated carbocycles. The number of amides is 1. The van der Waals surface area contributed by atoms with Crippen LogP contribution in [0.15, 0.2) is 71.9 Å². The van der Waals surface area contributed by atoms with Crippen LogP contribution in [0.2, 0.25) is 0 Å². The molecule has 1 amide bonds. The summed E-state index contributed by atoms with van der Waals surface area (Å²) >= 11 is 1.42. The Labute approximate surface area is 224 Å². The molecule has 198 valence electrons. The van der Waals surface area contributed by atoms with E-state index in [1.165, 1.54) is 27.8 Å². The Balaban J connectivity index is 1.37. The van der Waals surface area contributed by atoms with Gasteiger partial charge < -0.3 is 4.74 Å². The predicted octanol–water partition coefficient (Wildman–Crippen LogP) is 4.86. The van der Waals surface area contributed by atoms with Crippen molar-refractivity contribution in [1.29, 1.82) is 0 Å². The first kappa shape index (κ1) is 26.2. The van der Waals surface area contributed by atoms with E-state index in [1.807, 2.05) is 37.3 Å². The highest BCUT2D eigenvalue weighted by atomic mass is 32.2. The topological polar surface area (TPSA) is 92.7 Å². The van der Waals surface area contributed by atoms with E-state index in [-0.39, 0.29) is 29.8 Å². The maximum atomic E-state index is 13.9. The van der Waals surface area contributed by atoms with E-state index in [0.29, 0.717) is 31.1 Å². The molecule has 4 aromatic rings. The summed E-state index contributed by atoms with van der Waals surface area (Å²) in [6.45, 7) is 3.19. The summed E-state index contributed by atoms with van der Waals surface area (Å²) in [5.74, 6) is -0.213. The fraction of sp³-hybridized carbons (Fsp3) is 0.296. The second-order valence-electron chi connectivity index (χ2n) is 8.98. The summed E-state index contributed by atoms with van der Waals surface area (Å²) in [6.07, 6.45) is 4.16. The number of nitrogens with zero attached hydrogens (tertiary/aromatic N) is 4. The molecule has 1 aliphatic heterocycles. The van der Waals surface area contributed by atoms with Gasteiger partial charge in [0.15, 0.2) is 5.13 Å². The van der Waals surface area contributed by atoms with Gasteiger partial charge in [-0.1, -0.05) is 17.4 Å². The molecular weight excluding hydrogens is 527 g/mol. The number of anilines is 1. The maximum absolute atomic E-state index is 13.9. The second kappa shape index (κ2) is 11.1. The van der Waals surface area contributed by atoms with Gasteiger partial charge in [0.25, 0.3) is 0 Å². The highest BCUT2D eigenvalue weighted by molar-refractivity contribution is 7.89. The number of hydrogen-bond acceptors (Lipinski definition) is 7. The largest absolute Gasteiger partial charge is 0.494 e. The summed E-state index contributed by atoms with van der Waals surface area (Å²) < 4.78 is 47.2. The zero-order chi connectivity index (χ0) is 26.7. The Morgan fingerprint density at radius 3 is 2.61 bits per heavy atom. The number of carbonyl (C=O) groups is 1. The number of thiazole rings is 1. The number of fused-ring (bicyclic) bond motifs is 1. The summed E-state index contributed by atoms with van der Waals surface area (Å²) in [5.41, 5.74) is 1.64. The minimum atomic E-state index is -3.76. The predicted molar refractivity (Wildman–Crippen MR) is 144 cm³/mol. The van der Waals surface area contributed by atoms with Crippen molar-refractivity contribution in [2.45, 2.75) is 31.2 Å². The van der Waals surface area contributed by atoms with Crippen LogP contribution < -0.4 is 9.64 Å². The van der Waals surface area contributed by atoms with Crippen LogP contribution >= 0.6 is 11.3 Å². The van der Waals surface area contributed by atoms with Crippen LogP contribution in [0.5, 0.6) is 5.75 Å². The first-order valence-corrected chi connectivity index (χ1v) is 14.6. The molecular formula is C27H27FN4O4S2. The minimum absolute atomic E-state index is 0.0442. The molecule has 3 heterocycles. The normalized spacial score (nSPS) is 15.0. The number of piperidine rings is 1.